The van der Waals surface area contributed by atoms with Crippen molar-refractivity contribution >= 4 is 17.2 Å². The fourth-order valence-electron chi connectivity index (χ4n) is 3.82. The number of hydrogen-bond donors (Lipinski definition) is 1. The molecule has 0 bridgehead atoms. The van der Waals surface area contributed by atoms with Crippen molar-refractivity contribution in [1.82, 2.24) is 9.80 Å². The van der Waals surface area contributed by atoms with E-state index in [1.165, 1.54) is 16.0 Å². The summed E-state index contributed by atoms with van der Waals surface area (Å²) in [6.45, 7) is 2.59. The van der Waals surface area contributed by atoms with Crippen molar-refractivity contribution in [2.45, 2.75) is 25.0 Å². The van der Waals surface area contributed by atoms with Crippen molar-refractivity contribution in [3.63, 3.8) is 0 Å². The second-order valence-electron chi connectivity index (χ2n) is 6.63. The normalized spacial score (nSPS) is 24.1. The maximum atomic E-state index is 13.0. The smallest absolute Gasteiger partial charge is 0.237 e. The molecule has 126 valence electrons. The van der Waals surface area contributed by atoms with E-state index in [9.17, 15) is 9.90 Å². The number of rotatable bonds is 3. The first-order valence-corrected chi connectivity index (χ1v) is 9.41. The number of carbonyl (C=O) groups excluding carboxylic acids is 1. The van der Waals surface area contributed by atoms with Gasteiger partial charge in [-0.2, -0.15) is 0 Å². The summed E-state index contributed by atoms with van der Waals surface area (Å²) in [5.74, 6) is 0.162. The number of aliphatic hydroxyl groups excluding tert-OH is 1. The van der Waals surface area contributed by atoms with Crippen molar-refractivity contribution in [1.29, 1.82) is 0 Å². The molecule has 1 amide bonds. The predicted octanol–water partition coefficient (Wildman–Crippen LogP) is 2.29. The Morgan fingerprint density at radius 2 is 2.04 bits per heavy atom. The number of thiophene rings is 1. The van der Waals surface area contributed by atoms with Crippen LogP contribution in [-0.2, 0) is 11.2 Å². The van der Waals surface area contributed by atoms with Gasteiger partial charge >= 0.3 is 0 Å². The second-order valence-corrected chi connectivity index (χ2v) is 7.63. The number of aliphatic hydroxyl groups is 1. The fourth-order valence-corrected chi connectivity index (χ4v) is 4.72. The Kier molecular flexibility index (Phi) is 4.39. The fraction of sp³-hybridized carbons (Fsp3) is 0.421. The van der Waals surface area contributed by atoms with E-state index in [2.05, 4.69) is 28.5 Å². The van der Waals surface area contributed by atoms with Crippen LogP contribution in [0.25, 0.3) is 0 Å². The van der Waals surface area contributed by atoms with Crippen LogP contribution in [0.4, 0.5) is 0 Å². The lowest BCUT2D eigenvalue weighted by Gasteiger charge is -2.37. The van der Waals surface area contributed by atoms with Gasteiger partial charge < -0.3 is 10.0 Å². The second kappa shape index (κ2) is 6.67. The molecule has 0 saturated carbocycles. The van der Waals surface area contributed by atoms with Crippen molar-refractivity contribution in [2.24, 2.45) is 0 Å². The number of fused-ring (bicyclic) bond motifs is 1. The average molecular weight is 342 g/mol. The van der Waals surface area contributed by atoms with Crippen LogP contribution < -0.4 is 0 Å². The molecule has 0 aliphatic carbocycles. The zero-order valence-corrected chi connectivity index (χ0v) is 14.4. The quantitative estimate of drug-likeness (QED) is 0.931. The third kappa shape index (κ3) is 2.99. The van der Waals surface area contributed by atoms with Gasteiger partial charge in [-0.05, 0) is 35.4 Å². The predicted molar refractivity (Wildman–Crippen MR) is 95.1 cm³/mol. The van der Waals surface area contributed by atoms with Gasteiger partial charge in [0.1, 0.15) is 0 Å². The van der Waals surface area contributed by atoms with Crippen LogP contribution in [0.1, 0.15) is 28.5 Å². The molecule has 2 aliphatic rings. The molecule has 1 fully saturated rings. The van der Waals surface area contributed by atoms with E-state index in [0.717, 1.165) is 25.9 Å². The molecule has 2 aromatic rings. The first-order chi connectivity index (χ1) is 11.7. The molecule has 0 spiro atoms. The average Bonchev–Trinajstić information content (AvgIpc) is 3.23. The van der Waals surface area contributed by atoms with Gasteiger partial charge in [-0.1, -0.05) is 30.3 Å². The van der Waals surface area contributed by atoms with E-state index in [1.54, 1.807) is 11.3 Å². The van der Waals surface area contributed by atoms with E-state index in [4.69, 9.17) is 0 Å². The van der Waals surface area contributed by atoms with Crippen molar-refractivity contribution in [3.05, 3.63) is 57.8 Å². The summed E-state index contributed by atoms with van der Waals surface area (Å²) in [6.07, 6.45) is 1.42. The molecular formula is C19H22N2O2S. The summed E-state index contributed by atoms with van der Waals surface area (Å²) in [4.78, 5) is 18.5. The van der Waals surface area contributed by atoms with Crippen LogP contribution in [0.15, 0.2) is 41.8 Å². The molecule has 4 nitrogen and oxygen atoms in total. The van der Waals surface area contributed by atoms with Crippen LogP contribution in [0.2, 0.25) is 0 Å². The number of β-amino-alcohol motifs (C(OH)–C–C–N with tert-alkyl or cyclic N) is 1. The highest BCUT2D eigenvalue weighted by molar-refractivity contribution is 7.10. The molecule has 1 unspecified atom stereocenters. The summed E-state index contributed by atoms with van der Waals surface area (Å²) in [5.41, 5.74) is 2.44. The molecule has 2 atom stereocenters. The number of carbonyl (C=O) groups is 1. The number of hydrogen-bond acceptors (Lipinski definition) is 4. The van der Waals surface area contributed by atoms with Crippen molar-refractivity contribution < 1.29 is 9.90 Å². The third-order valence-corrected chi connectivity index (χ3v) is 6.00. The van der Waals surface area contributed by atoms with Crippen LogP contribution in [0.5, 0.6) is 0 Å². The standard InChI is InChI=1S/C19H22N2O2S/c22-15-6-9-20(12-15)13-18(23)21-10-7-17-16(8-11-24-17)19(21)14-4-2-1-3-5-14/h1-5,8,11,15,19,22H,6-7,9-10,12-13H2/t15-,19?/m0/s1. The summed E-state index contributed by atoms with van der Waals surface area (Å²) >= 11 is 1.79. The molecule has 1 aromatic carbocycles. The first kappa shape index (κ1) is 15.8. The minimum atomic E-state index is -0.285. The minimum Gasteiger partial charge on any atom is -0.392 e. The summed E-state index contributed by atoms with van der Waals surface area (Å²) < 4.78 is 0. The number of benzene rings is 1. The van der Waals surface area contributed by atoms with Crippen LogP contribution in [0, 0.1) is 0 Å². The third-order valence-electron chi connectivity index (χ3n) is 5.01. The van der Waals surface area contributed by atoms with Crippen LogP contribution in [-0.4, -0.2) is 53.1 Å². The van der Waals surface area contributed by atoms with Gasteiger partial charge in [-0.25, -0.2) is 0 Å². The number of amides is 1. The van der Waals surface area contributed by atoms with Gasteiger partial charge in [0.25, 0.3) is 0 Å². The molecule has 0 radical (unpaired) electrons. The molecule has 1 saturated heterocycles. The van der Waals surface area contributed by atoms with E-state index >= 15 is 0 Å². The summed E-state index contributed by atoms with van der Waals surface area (Å²) in [6, 6.07) is 12.5. The topological polar surface area (TPSA) is 43.8 Å². The lowest BCUT2D eigenvalue weighted by Crippen LogP contribution is -2.45. The van der Waals surface area contributed by atoms with Crippen molar-refractivity contribution in [3.8, 4) is 0 Å². The Hall–Kier alpha value is -1.69. The molecule has 4 rings (SSSR count). The molecule has 1 N–H and O–H groups in total. The lowest BCUT2D eigenvalue weighted by molar-refractivity contribution is -0.134. The largest absolute Gasteiger partial charge is 0.392 e. The molecule has 1 aromatic heterocycles. The van der Waals surface area contributed by atoms with E-state index in [-0.39, 0.29) is 18.1 Å². The minimum absolute atomic E-state index is 0.0150. The highest BCUT2D eigenvalue weighted by Gasteiger charge is 2.34. The van der Waals surface area contributed by atoms with E-state index in [0.29, 0.717) is 13.1 Å². The van der Waals surface area contributed by atoms with Gasteiger partial charge in [-0.3, -0.25) is 9.69 Å². The zero-order chi connectivity index (χ0) is 16.5. The van der Waals surface area contributed by atoms with Gasteiger partial charge in [0.05, 0.1) is 18.7 Å². The lowest BCUT2D eigenvalue weighted by atomic mass is 9.93. The Bertz CT molecular complexity index is 715. The number of likely N-dealkylation sites (tertiary alicyclic amines) is 1. The van der Waals surface area contributed by atoms with Crippen molar-refractivity contribution in [2.75, 3.05) is 26.2 Å². The van der Waals surface area contributed by atoms with Crippen LogP contribution in [0.3, 0.4) is 0 Å². The Morgan fingerprint density at radius 3 is 2.79 bits per heavy atom. The Balaban J connectivity index is 1.60. The maximum Gasteiger partial charge on any atom is 0.237 e. The first-order valence-electron chi connectivity index (χ1n) is 8.53. The number of nitrogens with zero attached hydrogens (tertiary/aromatic N) is 2. The molecular weight excluding hydrogens is 320 g/mol. The summed E-state index contributed by atoms with van der Waals surface area (Å²) in [5, 5.41) is 11.8. The molecule has 2 aliphatic heterocycles. The summed E-state index contributed by atoms with van der Waals surface area (Å²) in [7, 11) is 0. The highest BCUT2D eigenvalue weighted by atomic mass is 32.1. The van der Waals surface area contributed by atoms with E-state index in [1.807, 2.05) is 23.1 Å². The molecule has 3 heterocycles. The molecule has 24 heavy (non-hydrogen) atoms. The monoisotopic (exact) mass is 342 g/mol. The van der Waals surface area contributed by atoms with Gasteiger partial charge in [0.2, 0.25) is 5.91 Å². The zero-order valence-electron chi connectivity index (χ0n) is 13.6. The SMILES string of the molecule is O=C(CN1CC[C@H](O)C1)N1CCc2sccc2C1c1ccccc1. The van der Waals surface area contributed by atoms with E-state index < -0.39 is 0 Å². The highest BCUT2D eigenvalue weighted by Crippen LogP contribution is 2.37. The van der Waals surface area contributed by atoms with Gasteiger partial charge in [-0.15, -0.1) is 11.3 Å². The Morgan fingerprint density at radius 1 is 1.21 bits per heavy atom. The maximum absolute atomic E-state index is 13.0. The van der Waals surface area contributed by atoms with Gasteiger partial charge in [0, 0.05) is 24.5 Å². The van der Waals surface area contributed by atoms with Gasteiger partial charge in [0.15, 0.2) is 0 Å². The Labute approximate surface area is 146 Å². The van der Waals surface area contributed by atoms with Crippen LogP contribution >= 0.6 is 11.3 Å². The molecule has 5 heteroatoms.